The number of hydrogen-bond donors (Lipinski definition) is 0. The third-order valence-electron chi connectivity index (χ3n) is 3.42. The summed E-state index contributed by atoms with van der Waals surface area (Å²) < 4.78 is 1.92. The summed E-state index contributed by atoms with van der Waals surface area (Å²) in [4.78, 5) is 0. The second-order valence-electron chi connectivity index (χ2n) is 4.25. The summed E-state index contributed by atoms with van der Waals surface area (Å²) in [6.07, 6.45) is 8.67. The Labute approximate surface area is 84.3 Å². The Hall–Kier alpha value is -1.30. The number of rotatable bonds is 3. The lowest BCUT2D eigenvalue weighted by Gasteiger charge is -2.41. The van der Waals surface area contributed by atoms with E-state index in [4.69, 9.17) is 5.26 Å². The van der Waals surface area contributed by atoms with Crippen molar-refractivity contribution in [1.82, 2.24) is 9.78 Å². The van der Waals surface area contributed by atoms with E-state index < -0.39 is 0 Å². The fraction of sp³-hybridized carbons (Fsp3) is 0.636. The fourth-order valence-corrected chi connectivity index (χ4v) is 2.15. The third-order valence-corrected chi connectivity index (χ3v) is 3.42. The summed E-state index contributed by atoms with van der Waals surface area (Å²) in [5, 5.41) is 12.9. The molecule has 0 spiro atoms. The summed E-state index contributed by atoms with van der Waals surface area (Å²) in [5.74, 6) is 0. The van der Waals surface area contributed by atoms with Crippen LogP contribution >= 0.6 is 0 Å². The zero-order valence-corrected chi connectivity index (χ0v) is 8.53. The average molecular weight is 189 g/mol. The lowest BCUT2D eigenvalue weighted by atomic mass is 9.67. The van der Waals surface area contributed by atoms with E-state index in [1.807, 2.05) is 10.9 Å². The number of hydrogen-bond acceptors (Lipinski definition) is 2. The molecule has 1 aliphatic carbocycles. The first kappa shape index (κ1) is 9.26. The van der Waals surface area contributed by atoms with Crippen LogP contribution in [0.4, 0.5) is 0 Å². The SMILES string of the molecule is CCC1(Cn2cc(C#N)cn2)CCC1. The predicted octanol–water partition coefficient (Wildman–Crippen LogP) is 2.34. The van der Waals surface area contributed by atoms with Crippen LogP contribution in [0.1, 0.15) is 38.2 Å². The largest absolute Gasteiger partial charge is 0.271 e. The van der Waals surface area contributed by atoms with Crippen LogP contribution < -0.4 is 0 Å². The highest BCUT2D eigenvalue weighted by atomic mass is 15.3. The van der Waals surface area contributed by atoms with Gasteiger partial charge in [-0.25, -0.2) is 0 Å². The van der Waals surface area contributed by atoms with Gasteiger partial charge in [-0.3, -0.25) is 4.68 Å². The Morgan fingerprint density at radius 1 is 1.64 bits per heavy atom. The molecule has 0 amide bonds. The second kappa shape index (κ2) is 3.45. The highest BCUT2D eigenvalue weighted by Crippen LogP contribution is 2.44. The number of nitriles is 1. The molecule has 1 saturated carbocycles. The van der Waals surface area contributed by atoms with Gasteiger partial charge in [0.1, 0.15) is 6.07 Å². The summed E-state index contributed by atoms with van der Waals surface area (Å²) in [6, 6.07) is 2.10. The first-order chi connectivity index (χ1) is 6.78. The van der Waals surface area contributed by atoms with E-state index in [9.17, 15) is 0 Å². The van der Waals surface area contributed by atoms with Gasteiger partial charge in [-0.1, -0.05) is 13.3 Å². The molecule has 1 aromatic rings. The molecular formula is C11H15N3. The molecule has 74 valence electrons. The van der Waals surface area contributed by atoms with E-state index in [0.717, 1.165) is 6.54 Å². The zero-order valence-electron chi connectivity index (χ0n) is 8.53. The van der Waals surface area contributed by atoms with Crippen LogP contribution in [0.3, 0.4) is 0 Å². The van der Waals surface area contributed by atoms with Crippen LogP contribution in [-0.4, -0.2) is 9.78 Å². The van der Waals surface area contributed by atoms with E-state index in [1.165, 1.54) is 25.7 Å². The molecule has 2 rings (SSSR count). The maximum absolute atomic E-state index is 8.67. The quantitative estimate of drug-likeness (QED) is 0.732. The van der Waals surface area contributed by atoms with Crippen molar-refractivity contribution in [2.24, 2.45) is 5.41 Å². The Morgan fingerprint density at radius 3 is 2.86 bits per heavy atom. The highest BCUT2D eigenvalue weighted by Gasteiger charge is 2.35. The molecular weight excluding hydrogens is 174 g/mol. The molecule has 1 aliphatic rings. The Balaban J connectivity index is 2.06. The molecule has 1 aromatic heterocycles. The van der Waals surface area contributed by atoms with Gasteiger partial charge in [0, 0.05) is 12.7 Å². The first-order valence-corrected chi connectivity index (χ1v) is 5.20. The van der Waals surface area contributed by atoms with Crippen LogP contribution in [0, 0.1) is 16.7 Å². The smallest absolute Gasteiger partial charge is 0.102 e. The monoisotopic (exact) mass is 189 g/mol. The van der Waals surface area contributed by atoms with Crippen molar-refractivity contribution in [3.63, 3.8) is 0 Å². The molecule has 14 heavy (non-hydrogen) atoms. The van der Waals surface area contributed by atoms with Crippen LogP contribution in [-0.2, 0) is 6.54 Å². The van der Waals surface area contributed by atoms with E-state index in [-0.39, 0.29) is 0 Å². The van der Waals surface area contributed by atoms with Crippen molar-refractivity contribution in [3.05, 3.63) is 18.0 Å². The number of nitrogens with zero attached hydrogens (tertiary/aromatic N) is 3. The zero-order chi connectivity index (χ0) is 10.0. The molecule has 0 atom stereocenters. The average Bonchev–Trinajstić information content (AvgIpc) is 2.59. The summed E-state index contributed by atoms with van der Waals surface area (Å²) in [7, 11) is 0. The highest BCUT2D eigenvalue weighted by molar-refractivity contribution is 5.21. The van der Waals surface area contributed by atoms with Gasteiger partial charge in [0.05, 0.1) is 11.8 Å². The Bertz CT molecular complexity index is 349. The Morgan fingerprint density at radius 2 is 2.43 bits per heavy atom. The first-order valence-electron chi connectivity index (χ1n) is 5.20. The summed E-state index contributed by atoms with van der Waals surface area (Å²) in [6.45, 7) is 3.22. The maximum atomic E-state index is 8.67. The van der Waals surface area contributed by atoms with Crippen LogP contribution in [0.25, 0.3) is 0 Å². The third kappa shape index (κ3) is 1.52. The van der Waals surface area contributed by atoms with Crippen molar-refractivity contribution in [2.75, 3.05) is 0 Å². The molecule has 0 saturated heterocycles. The van der Waals surface area contributed by atoms with Crippen molar-refractivity contribution >= 4 is 0 Å². The Kier molecular flexibility index (Phi) is 2.28. The van der Waals surface area contributed by atoms with Crippen molar-refractivity contribution in [2.45, 2.75) is 39.2 Å². The number of aromatic nitrogens is 2. The van der Waals surface area contributed by atoms with E-state index in [0.29, 0.717) is 11.0 Å². The molecule has 0 aromatic carbocycles. The van der Waals surface area contributed by atoms with E-state index >= 15 is 0 Å². The van der Waals surface area contributed by atoms with Crippen molar-refractivity contribution in [3.8, 4) is 6.07 Å². The van der Waals surface area contributed by atoms with Gasteiger partial charge in [-0.15, -0.1) is 0 Å². The van der Waals surface area contributed by atoms with Gasteiger partial charge in [-0.05, 0) is 24.7 Å². The molecule has 3 nitrogen and oxygen atoms in total. The summed E-state index contributed by atoms with van der Waals surface area (Å²) >= 11 is 0. The van der Waals surface area contributed by atoms with Gasteiger partial charge in [0.15, 0.2) is 0 Å². The standard InChI is InChI=1S/C11H15N3/c1-2-11(4-3-5-11)9-14-8-10(6-12)7-13-14/h7-8H,2-5,9H2,1H3. The molecule has 1 fully saturated rings. The molecule has 0 N–H and O–H groups in total. The van der Waals surface area contributed by atoms with E-state index in [2.05, 4.69) is 18.1 Å². The van der Waals surface area contributed by atoms with Crippen molar-refractivity contribution < 1.29 is 0 Å². The minimum absolute atomic E-state index is 0.471. The van der Waals surface area contributed by atoms with Gasteiger partial charge in [0.2, 0.25) is 0 Å². The summed E-state index contributed by atoms with van der Waals surface area (Å²) in [5.41, 5.74) is 1.13. The van der Waals surface area contributed by atoms with Crippen LogP contribution in [0.2, 0.25) is 0 Å². The topological polar surface area (TPSA) is 41.6 Å². The van der Waals surface area contributed by atoms with Crippen molar-refractivity contribution in [1.29, 1.82) is 5.26 Å². The maximum Gasteiger partial charge on any atom is 0.102 e. The minimum Gasteiger partial charge on any atom is -0.271 e. The van der Waals surface area contributed by atoms with Gasteiger partial charge < -0.3 is 0 Å². The van der Waals surface area contributed by atoms with Gasteiger partial charge in [0.25, 0.3) is 0 Å². The van der Waals surface area contributed by atoms with E-state index in [1.54, 1.807) is 6.20 Å². The lowest BCUT2D eigenvalue weighted by Crippen LogP contribution is -2.33. The lowest BCUT2D eigenvalue weighted by molar-refractivity contribution is 0.0950. The van der Waals surface area contributed by atoms with Gasteiger partial charge in [-0.2, -0.15) is 10.4 Å². The molecule has 1 heterocycles. The van der Waals surface area contributed by atoms with Crippen LogP contribution in [0.5, 0.6) is 0 Å². The predicted molar refractivity (Wildman–Crippen MR) is 53.5 cm³/mol. The minimum atomic E-state index is 0.471. The molecule has 3 heteroatoms. The normalized spacial score (nSPS) is 18.6. The molecule has 0 radical (unpaired) electrons. The molecule has 0 bridgehead atoms. The molecule has 0 unspecified atom stereocenters. The second-order valence-corrected chi connectivity index (χ2v) is 4.25. The van der Waals surface area contributed by atoms with Crippen LogP contribution in [0.15, 0.2) is 12.4 Å². The van der Waals surface area contributed by atoms with Gasteiger partial charge >= 0.3 is 0 Å². The fourth-order valence-electron chi connectivity index (χ4n) is 2.15. The molecule has 0 aliphatic heterocycles.